The second-order valence-electron chi connectivity index (χ2n) is 7.43. The van der Waals surface area contributed by atoms with Crippen LogP contribution in [0.2, 0.25) is 0 Å². The maximum Gasteiger partial charge on any atom is 0.410 e. The third kappa shape index (κ3) is 4.98. The zero-order valence-corrected chi connectivity index (χ0v) is 16.6. The Morgan fingerprint density at radius 1 is 0.893 bits per heavy atom. The lowest BCUT2D eigenvalue weighted by Crippen LogP contribution is -2.51. The van der Waals surface area contributed by atoms with Crippen molar-refractivity contribution in [1.82, 2.24) is 9.80 Å². The molecule has 1 fully saturated rings. The number of nitrogens with zero attached hydrogens (tertiary/aromatic N) is 2. The number of piperazine rings is 1. The van der Waals surface area contributed by atoms with Gasteiger partial charge in [-0.2, -0.15) is 0 Å². The van der Waals surface area contributed by atoms with Gasteiger partial charge in [-0.05, 0) is 11.1 Å². The molecule has 3 rings (SSSR count). The van der Waals surface area contributed by atoms with Gasteiger partial charge in [-0.3, -0.25) is 9.69 Å². The Hall–Kier alpha value is -2.66. The Bertz CT molecular complexity index is 769. The highest BCUT2D eigenvalue weighted by Gasteiger charge is 2.32. The molecule has 148 valence electrons. The number of ketones is 1. The van der Waals surface area contributed by atoms with Crippen LogP contribution >= 0.6 is 0 Å². The van der Waals surface area contributed by atoms with Gasteiger partial charge in [0.25, 0.3) is 0 Å². The third-order valence-electron chi connectivity index (χ3n) is 5.10. The summed E-state index contributed by atoms with van der Waals surface area (Å²) in [4.78, 5) is 29.2. The van der Waals surface area contributed by atoms with Crippen LogP contribution in [0.25, 0.3) is 0 Å². The van der Waals surface area contributed by atoms with Gasteiger partial charge in [0, 0.05) is 32.1 Å². The number of Topliss-reactive ketones (excluding diaryl/α,β-unsaturated/α-hetero) is 1. The molecule has 0 bridgehead atoms. The molecule has 2 aromatic carbocycles. The van der Waals surface area contributed by atoms with Crippen molar-refractivity contribution < 1.29 is 14.3 Å². The second-order valence-corrected chi connectivity index (χ2v) is 7.43. The molecule has 0 aliphatic carbocycles. The summed E-state index contributed by atoms with van der Waals surface area (Å²) < 4.78 is 5.44. The van der Waals surface area contributed by atoms with Crippen molar-refractivity contribution in [3.8, 4) is 0 Å². The summed E-state index contributed by atoms with van der Waals surface area (Å²) in [5, 5.41) is 0. The lowest BCUT2D eigenvalue weighted by molar-refractivity contribution is -0.128. The van der Waals surface area contributed by atoms with Crippen LogP contribution in [0.5, 0.6) is 0 Å². The predicted molar refractivity (Wildman–Crippen MR) is 109 cm³/mol. The van der Waals surface area contributed by atoms with Gasteiger partial charge in [-0.25, -0.2) is 4.79 Å². The molecular formula is C23H28N2O3. The molecule has 1 aliphatic heterocycles. The number of rotatable bonds is 6. The van der Waals surface area contributed by atoms with Crippen LogP contribution in [0.1, 0.15) is 31.0 Å². The highest BCUT2D eigenvalue weighted by Crippen LogP contribution is 2.26. The molecule has 0 spiro atoms. The van der Waals surface area contributed by atoms with Crippen molar-refractivity contribution in [1.29, 1.82) is 0 Å². The highest BCUT2D eigenvalue weighted by atomic mass is 16.6. The molecule has 1 atom stereocenters. The standard InChI is InChI=1S/C23H28N2O3/c1-18(2)22(26)21(20-11-7-4-8-12-20)24-13-15-25(16-14-24)23(27)28-17-19-9-5-3-6-10-19/h3-12,18,21H,13-17H2,1-2H3. The van der Waals surface area contributed by atoms with Gasteiger partial charge in [0.1, 0.15) is 6.61 Å². The van der Waals surface area contributed by atoms with E-state index in [9.17, 15) is 9.59 Å². The number of hydrogen-bond acceptors (Lipinski definition) is 4. The minimum Gasteiger partial charge on any atom is -0.445 e. The SMILES string of the molecule is CC(C)C(=O)C(c1ccccc1)N1CCN(C(=O)OCc2ccccc2)CC1. The van der Waals surface area contributed by atoms with Crippen molar-refractivity contribution in [2.75, 3.05) is 26.2 Å². The van der Waals surface area contributed by atoms with Crippen LogP contribution in [0.4, 0.5) is 4.79 Å². The lowest BCUT2D eigenvalue weighted by atomic mass is 9.93. The molecule has 0 aromatic heterocycles. The molecule has 5 nitrogen and oxygen atoms in total. The average Bonchev–Trinajstić information content (AvgIpc) is 2.74. The van der Waals surface area contributed by atoms with E-state index in [0.717, 1.165) is 11.1 Å². The van der Waals surface area contributed by atoms with Crippen LogP contribution in [0.3, 0.4) is 0 Å². The summed E-state index contributed by atoms with van der Waals surface area (Å²) in [6.07, 6.45) is -0.296. The van der Waals surface area contributed by atoms with E-state index in [0.29, 0.717) is 26.2 Å². The molecule has 0 radical (unpaired) electrons. The number of carbonyl (C=O) groups is 2. The maximum atomic E-state index is 12.9. The monoisotopic (exact) mass is 380 g/mol. The third-order valence-corrected chi connectivity index (χ3v) is 5.10. The maximum absolute atomic E-state index is 12.9. The van der Waals surface area contributed by atoms with Crippen LogP contribution in [0, 0.1) is 5.92 Å². The van der Waals surface area contributed by atoms with Gasteiger partial charge in [-0.1, -0.05) is 74.5 Å². The lowest BCUT2D eigenvalue weighted by Gasteiger charge is -2.38. The predicted octanol–water partition coefficient (Wildman–Crippen LogP) is 3.91. The zero-order valence-electron chi connectivity index (χ0n) is 16.6. The normalized spacial score (nSPS) is 16.0. The smallest absolute Gasteiger partial charge is 0.410 e. The molecule has 1 unspecified atom stereocenters. The van der Waals surface area contributed by atoms with E-state index < -0.39 is 0 Å². The van der Waals surface area contributed by atoms with Crippen LogP contribution in [-0.2, 0) is 16.1 Å². The summed E-state index contributed by atoms with van der Waals surface area (Å²) in [7, 11) is 0. The minimum atomic E-state index is -0.296. The van der Waals surface area contributed by atoms with Crippen LogP contribution in [-0.4, -0.2) is 47.9 Å². The first-order chi connectivity index (χ1) is 13.6. The second kappa shape index (κ2) is 9.51. The molecule has 1 heterocycles. The van der Waals surface area contributed by atoms with Gasteiger partial charge in [0.15, 0.2) is 5.78 Å². The van der Waals surface area contributed by atoms with E-state index in [1.807, 2.05) is 74.5 Å². The molecule has 5 heteroatoms. The number of carbonyl (C=O) groups excluding carboxylic acids is 2. The van der Waals surface area contributed by atoms with Gasteiger partial charge >= 0.3 is 6.09 Å². The van der Waals surface area contributed by atoms with Crippen LogP contribution < -0.4 is 0 Å². The summed E-state index contributed by atoms with van der Waals surface area (Å²) in [6.45, 7) is 6.57. The molecule has 1 saturated heterocycles. The Labute approximate surface area is 166 Å². The molecule has 2 aromatic rings. The fraction of sp³-hybridized carbons (Fsp3) is 0.391. The zero-order chi connectivity index (χ0) is 19.9. The van der Waals surface area contributed by atoms with Crippen molar-refractivity contribution in [3.05, 3.63) is 71.8 Å². The molecule has 0 N–H and O–H groups in total. The van der Waals surface area contributed by atoms with Gasteiger partial charge in [-0.15, -0.1) is 0 Å². The number of amides is 1. The van der Waals surface area contributed by atoms with Crippen molar-refractivity contribution in [2.24, 2.45) is 5.92 Å². The van der Waals surface area contributed by atoms with Crippen LogP contribution in [0.15, 0.2) is 60.7 Å². The van der Waals surface area contributed by atoms with Crippen molar-refractivity contribution >= 4 is 11.9 Å². The number of hydrogen-bond donors (Lipinski definition) is 0. The highest BCUT2D eigenvalue weighted by molar-refractivity contribution is 5.87. The topological polar surface area (TPSA) is 49.9 Å². The van der Waals surface area contributed by atoms with Gasteiger partial charge in [0.05, 0.1) is 6.04 Å². The van der Waals surface area contributed by atoms with Gasteiger partial charge < -0.3 is 9.64 Å². The number of ether oxygens (including phenoxy) is 1. The Balaban J connectivity index is 1.59. The van der Waals surface area contributed by atoms with Crippen molar-refractivity contribution in [2.45, 2.75) is 26.5 Å². The Morgan fingerprint density at radius 3 is 2.04 bits per heavy atom. The molecule has 1 amide bonds. The van der Waals surface area contributed by atoms with E-state index in [2.05, 4.69) is 4.90 Å². The Kier molecular flexibility index (Phi) is 6.82. The fourth-order valence-corrected chi connectivity index (χ4v) is 3.48. The minimum absolute atomic E-state index is 0.0425. The van der Waals surface area contributed by atoms with E-state index in [1.165, 1.54) is 0 Å². The first-order valence-corrected chi connectivity index (χ1v) is 9.84. The van der Waals surface area contributed by atoms with Gasteiger partial charge in [0.2, 0.25) is 0 Å². The van der Waals surface area contributed by atoms with E-state index in [4.69, 9.17) is 4.74 Å². The first-order valence-electron chi connectivity index (χ1n) is 9.84. The molecule has 1 aliphatic rings. The summed E-state index contributed by atoms with van der Waals surface area (Å²) in [6, 6.07) is 19.3. The summed E-state index contributed by atoms with van der Waals surface area (Å²) in [5.74, 6) is 0.172. The fourth-order valence-electron chi connectivity index (χ4n) is 3.48. The van der Waals surface area contributed by atoms with E-state index >= 15 is 0 Å². The van der Waals surface area contributed by atoms with E-state index in [1.54, 1.807) is 4.90 Å². The largest absolute Gasteiger partial charge is 0.445 e. The average molecular weight is 380 g/mol. The summed E-state index contributed by atoms with van der Waals surface area (Å²) in [5.41, 5.74) is 1.99. The number of benzene rings is 2. The van der Waals surface area contributed by atoms with Crippen molar-refractivity contribution in [3.63, 3.8) is 0 Å². The molecule has 28 heavy (non-hydrogen) atoms. The molecule has 0 saturated carbocycles. The quantitative estimate of drug-likeness (QED) is 0.762. The van der Waals surface area contributed by atoms with E-state index in [-0.39, 0.29) is 30.4 Å². The Morgan fingerprint density at radius 2 is 1.46 bits per heavy atom. The summed E-state index contributed by atoms with van der Waals surface area (Å²) >= 11 is 0. The first kappa shape index (κ1) is 20.1. The molecular weight excluding hydrogens is 352 g/mol.